The van der Waals surface area contributed by atoms with Gasteiger partial charge in [0.25, 0.3) is 0 Å². The van der Waals surface area contributed by atoms with Crippen molar-refractivity contribution in [2.45, 2.75) is 37.5 Å². The van der Waals surface area contributed by atoms with Gasteiger partial charge >= 0.3 is 17.9 Å². The van der Waals surface area contributed by atoms with Crippen molar-refractivity contribution in [3.8, 4) is 0 Å². The minimum atomic E-state index is -2.31. The Labute approximate surface area is 89.8 Å². The second kappa shape index (κ2) is 4.29. The van der Waals surface area contributed by atoms with Gasteiger partial charge in [-0.25, -0.2) is 4.79 Å². The Morgan fingerprint density at radius 2 is 2.00 bits per heavy atom. The van der Waals surface area contributed by atoms with Gasteiger partial charge in [0, 0.05) is 11.3 Å². The Bertz CT molecular complexity index is 332. The molecular formula is C7H11N3O6. The molecule has 0 aromatic heterocycles. The van der Waals surface area contributed by atoms with E-state index < -0.39 is 27.7 Å². The average molecular weight is 233 g/mol. The van der Waals surface area contributed by atoms with E-state index >= 15 is 0 Å². The number of amides is 1. The van der Waals surface area contributed by atoms with Crippen LogP contribution in [0.3, 0.4) is 0 Å². The van der Waals surface area contributed by atoms with E-state index in [4.69, 9.17) is 5.73 Å². The summed E-state index contributed by atoms with van der Waals surface area (Å²) in [7, 11) is 0. The molecule has 0 aliphatic heterocycles. The predicted molar refractivity (Wildman–Crippen MR) is 49.6 cm³/mol. The summed E-state index contributed by atoms with van der Waals surface area (Å²) >= 11 is 0. The molecule has 9 nitrogen and oxygen atoms in total. The minimum absolute atomic E-state index is 0.00125. The molecule has 16 heavy (non-hydrogen) atoms. The van der Waals surface area contributed by atoms with Crippen LogP contribution >= 0.6 is 0 Å². The number of hydrogen-bond donors (Lipinski definition) is 1. The van der Waals surface area contributed by atoms with Gasteiger partial charge in [0.15, 0.2) is 0 Å². The van der Waals surface area contributed by atoms with Gasteiger partial charge in [-0.2, -0.15) is 0 Å². The van der Waals surface area contributed by atoms with Crippen LogP contribution in [0.5, 0.6) is 0 Å². The maximum atomic E-state index is 10.9. The topological polar surface area (TPSA) is 139 Å². The van der Waals surface area contributed by atoms with Gasteiger partial charge in [-0.05, 0) is 12.8 Å². The summed E-state index contributed by atoms with van der Waals surface area (Å²) in [5, 5.41) is 21.6. The van der Waals surface area contributed by atoms with E-state index in [1.165, 1.54) is 0 Å². The average Bonchev–Trinajstić information content (AvgIpc) is 2.16. The molecule has 2 atom stereocenters. The molecule has 1 rings (SSSR count). The number of ether oxygens (including phenoxy) is 1. The van der Waals surface area contributed by atoms with E-state index in [0.29, 0.717) is 12.8 Å². The quantitative estimate of drug-likeness (QED) is 0.421. The third-order valence-electron chi connectivity index (χ3n) is 2.62. The van der Waals surface area contributed by atoms with Crippen LogP contribution in [0.2, 0.25) is 0 Å². The Morgan fingerprint density at radius 1 is 1.38 bits per heavy atom. The number of nitrogens with zero attached hydrogens (tertiary/aromatic N) is 2. The normalized spacial score (nSPS) is 29.4. The second-order valence-electron chi connectivity index (χ2n) is 3.57. The maximum absolute atomic E-state index is 10.9. The molecule has 0 spiro atoms. The first-order chi connectivity index (χ1) is 7.40. The van der Waals surface area contributed by atoms with Gasteiger partial charge in [-0.3, -0.25) is 20.2 Å². The number of carbonyl (C=O) groups excluding carboxylic acids is 1. The van der Waals surface area contributed by atoms with Gasteiger partial charge in [0.05, 0.1) is 11.3 Å². The summed E-state index contributed by atoms with van der Waals surface area (Å²) in [5.74, 6) is 0. The summed E-state index contributed by atoms with van der Waals surface area (Å²) in [6.45, 7) is 0. The monoisotopic (exact) mass is 233 g/mol. The Morgan fingerprint density at radius 3 is 2.44 bits per heavy atom. The van der Waals surface area contributed by atoms with Crippen molar-refractivity contribution in [1.82, 2.24) is 0 Å². The van der Waals surface area contributed by atoms with Gasteiger partial charge < -0.3 is 10.5 Å². The number of rotatable bonds is 3. The van der Waals surface area contributed by atoms with Crippen molar-refractivity contribution in [3.63, 3.8) is 0 Å². The number of nitro groups is 2. The van der Waals surface area contributed by atoms with E-state index in [1.54, 1.807) is 0 Å². The first kappa shape index (κ1) is 12.1. The number of carbonyl (C=O) groups is 1. The molecule has 0 radical (unpaired) electrons. The van der Waals surface area contributed by atoms with Crippen LogP contribution in [0.4, 0.5) is 4.79 Å². The van der Waals surface area contributed by atoms with Crippen molar-refractivity contribution in [2.24, 2.45) is 5.73 Å². The summed E-state index contributed by atoms with van der Waals surface area (Å²) in [6.07, 6.45) is -0.678. The fourth-order valence-electron chi connectivity index (χ4n) is 1.92. The Balaban J connectivity index is 3.07. The number of nitrogens with two attached hydrogens (primary N) is 1. The van der Waals surface area contributed by atoms with Crippen LogP contribution in [0.15, 0.2) is 0 Å². The van der Waals surface area contributed by atoms with Crippen molar-refractivity contribution in [3.05, 3.63) is 20.2 Å². The fraction of sp³-hybridized carbons (Fsp3) is 0.857. The molecule has 0 heterocycles. The molecule has 1 fully saturated rings. The van der Waals surface area contributed by atoms with Crippen LogP contribution in [0.25, 0.3) is 0 Å². The van der Waals surface area contributed by atoms with Gasteiger partial charge in [-0.15, -0.1) is 0 Å². The largest absolute Gasteiger partial charge is 0.433 e. The van der Waals surface area contributed by atoms with Crippen LogP contribution in [0.1, 0.15) is 25.7 Å². The van der Waals surface area contributed by atoms with Crippen molar-refractivity contribution >= 4 is 6.09 Å². The van der Waals surface area contributed by atoms with Gasteiger partial charge in [-0.1, -0.05) is 0 Å². The summed E-state index contributed by atoms with van der Waals surface area (Å²) in [4.78, 5) is 30.5. The first-order valence-corrected chi connectivity index (χ1v) is 4.66. The molecule has 1 aliphatic carbocycles. The molecule has 0 bridgehead atoms. The molecule has 9 heteroatoms. The van der Waals surface area contributed by atoms with E-state index in [-0.39, 0.29) is 12.8 Å². The molecule has 2 unspecified atom stereocenters. The van der Waals surface area contributed by atoms with E-state index in [1.807, 2.05) is 0 Å². The predicted octanol–water partition coefficient (Wildman–Crippen LogP) is 0.274. The van der Waals surface area contributed by atoms with E-state index in [0.717, 1.165) is 0 Å². The molecule has 2 N–H and O–H groups in total. The SMILES string of the molecule is NC(=O)OC1([N+](=O)[O-])CCCCC1[N+](=O)[O-]. The summed E-state index contributed by atoms with van der Waals surface area (Å²) < 4.78 is 4.41. The fourth-order valence-corrected chi connectivity index (χ4v) is 1.92. The summed E-state index contributed by atoms with van der Waals surface area (Å²) in [5.41, 5.74) is 2.41. The minimum Gasteiger partial charge on any atom is -0.374 e. The lowest BCUT2D eigenvalue weighted by molar-refractivity contribution is -0.696. The standard InChI is InChI=1S/C7H11N3O6/c8-6(11)16-7(10(14)15)4-2-1-3-5(7)9(12)13/h5H,1-4H2,(H2,8,11). The number of primary amides is 1. The summed E-state index contributed by atoms with van der Waals surface area (Å²) in [6, 6.07) is -1.54. The lowest BCUT2D eigenvalue weighted by Crippen LogP contribution is -2.58. The highest BCUT2D eigenvalue weighted by Crippen LogP contribution is 2.34. The van der Waals surface area contributed by atoms with Crippen LogP contribution in [-0.4, -0.2) is 27.7 Å². The Hall–Kier alpha value is -1.93. The highest BCUT2D eigenvalue weighted by Gasteiger charge is 2.62. The van der Waals surface area contributed by atoms with Gasteiger partial charge in [0.2, 0.25) is 0 Å². The smallest absolute Gasteiger partial charge is 0.374 e. The zero-order chi connectivity index (χ0) is 12.3. The van der Waals surface area contributed by atoms with Crippen LogP contribution in [0, 0.1) is 20.2 Å². The van der Waals surface area contributed by atoms with Crippen LogP contribution < -0.4 is 5.73 Å². The number of hydrogen-bond acceptors (Lipinski definition) is 6. The first-order valence-electron chi connectivity index (χ1n) is 4.66. The third kappa shape index (κ3) is 2.02. The van der Waals surface area contributed by atoms with E-state index in [2.05, 4.69) is 4.74 Å². The second-order valence-corrected chi connectivity index (χ2v) is 3.57. The Kier molecular flexibility index (Phi) is 3.25. The van der Waals surface area contributed by atoms with Gasteiger partial charge in [0.1, 0.15) is 0 Å². The lowest BCUT2D eigenvalue weighted by Gasteiger charge is -2.29. The van der Waals surface area contributed by atoms with Crippen molar-refractivity contribution < 1.29 is 19.4 Å². The zero-order valence-corrected chi connectivity index (χ0v) is 8.33. The maximum Gasteiger partial charge on any atom is 0.433 e. The molecule has 0 saturated heterocycles. The molecule has 0 aromatic rings. The van der Waals surface area contributed by atoms with Crippen LogP contribution in [-0.2, 0) is 4.74 Å². The van der Waals surface area contributed by atoms with E-state index in [9.17, 15) is 25.0 Å². The lowest BCUT2D eigenvalue weighted by atomic mass is 9.87. The highest BCUT2D eigenvalue weighted by atomic mass is 16.7. The molecule has 1 amide bonds. The molecular weight excluding hydrogens is 222 g/mol. The molecule has 1 saturated carbocycles. The molecule has 0 aromatic carbocycles. The third-order valence-corrected chi connectivity index (χ3v) is 2.62. The zero-order valence-electron chi connectivity index (χ0n) is 8.33. The molecule has 1 aliphatic rings. The van der Waals surface area contributed by atoms with Crippen molar-refractivity contribution in [1.29, 1.82) is 0 Å². The van der Waals surface area contributed by atoms with Crippen molar-refractivity contribution in [2.75, 3.05) is 0 Å². The molecule has 90 valence electrons. The highest BCUT2D eigenvalue weighted by molar-refractivity contribution is 5.65.